The molecule has 0 spiro atoms. The zero-order chi connectivity index (χ0) is 14.5. The summed E-state index contributed by atoms with van der Waals surface area (Å²) in [6, 6.07) is 8.94. The Labute approximate surface area is 126 Å². The number of hydrogen-bond donors (Lipinski definition) is 1. The number of aryl methyl sites for hydroxylation is 3. The summed E-state index contributed by atoms with van der Waals surface area (Å²) in [5, 5.41) is 4.85. The molecule has 0 saturated carbocycles. The second kappa shape index (κ2) is 7.00. The number of benzene rings is 1. The molecular weight excluding hydrogens is 264 g/mol. The van der Waals surface area contributed by atoms with Gasteiger partial charge in [-0.15, -0.1) is 11.3 Å². The molecule has 0 aliphatic heterocycles. The fourth-order valence-electron chi connectivity index (χ4n) is 2.38. The summed E-state index contributed by atoms with van der Waals surface area (Å²) in [4.78, 5) is 6.09. The first kappa shape index (κ1) is 15.2. The molecule has 2 rings (SSSR count). The van der Waals surface area contributed by atoms with Gasteiger partial charge in [-0.2, -0.15) is 0 Å². The van der Waals surface area contributed by atoms with E-state index in [0.29, 0.717) is 0 Å². The Kier molecular flexibility index (Phi) is 5.32. The Morgan fingerprint density at radius 2 is 1.95 bits per heavy atom. The molecule has 1 heterocycles. The van der Waals surface area contributed by atoms with E-state index in [1.54, 1.807) is 0 Å². The van der Waals surface area contributed by atoms with Crippen LogP contribution < -0.4 is 5.32 Å². The average molecular weight is 288 g/mol. The molecule has 0 aliphatic carbocycles. The van der Waals surface area contributed by atoms with Crippen LogP contribution in [0.4, 0.5) is 0 Å². The van der Waals surface area contributed by atoms with Crippen molar-refractivity contribution in [3.63, 3.8) is 0 Å². The molecule has 2 aromatic rings. The molecular formula is C17H24N2S. The molecule has 0 fully saturated rings. The summed E-state index contributed by atoms with van der Waals surface area (Å²) in [6.45, 7) is 9.68. The summed E-state index contributed by atoms with van der Waals surface area (Å²) >= 11 is 1.81. The van der Waals surface area contributed by atoms with E-state index in [2.05, 4.69) is 57.3 Å². The van der Waals surface area contributed by atoms with E-state index >= 15 is 0 Å². The van der Waals surface area contributed by atoms with Crippen molar-refractivity contribution in [2.45, 2.75) is 46.6 Å². The summed E-state index contributed by atoms with van der Waals surface area (Å²) < 4.78 is 0. The van der Waals surface area contributed by atoms with E-state index in [1.807, 2.05) is 11.3 Å². The molecule has 1 aromatic heterocycles. The molecule has 20 heavy (non-hydrogen) atoms. The van der Waals surface area contributed by atoms with Crippen molar-refractivity contribution >= 4 is 11.3 Å². The Balaban J connectivity index is 2.41. The molecule has 0 aliphatic rings. The molecule has 3 heteroatoms. The Morgan fingerprint density at radius 3 is 2.55 bits per heavy atom. The summed E-state index contributed by atoms with van der Waals surface area (Å²) in [5.41, 5.74) is 3.94. The lowest BCUT2D eigenvalue weighted by Crippen LogP contribution is -2.24. The monoisotopic (exact) mass is 288 g/mol. The third-order valence-corrected chi connectivity index (χ3v) is 4.78. The van der Waals surface area contributed by atoms with Crippen LogP contribution >= 0.6 is 11.3 Å². The van der Waals surface area contributed by atoms with Crippen LogP contribution in [0.25, 0.3) is 0 Å². The molecule has 1 aromatic carbocycles. The third-order valence-electron chi connectivity index (χ3n) is 3.64. The molecule has 2 nitrogen and oxygen atoms in total. The smallest absolute Gasteiger partial charge is 0.115 e. The number of rotatable bonds is 6. The van der Waals surface area contributed by atoms with Crippen LogP contribution in [0.1, 0.15) is 53.0 Å². The molecule has 0 radical (unpaired) electrons. The molecule has 1 N–H and O–H groups in total. The number of aromatic nitrogens is 1. The number of nitrogens with zero attached hydrogens (tertiary/aromatic N) is 1. The van der Waals surface area contributed by atoms with Gasteiger partial charge < -0.3 is 5.32 Å². The van der Waals surface area contributed by atoms with Crippen LogP contribution in [0.15, 0.2) is 24.3 Å². The van der Waals surface area contributed by atoms with Crippen molar-refractivity contribution in [1.29, 1.82) is 0 Å². The predicted molar refractivity (Wildman–Crippen MR) is 87.5 cm³/mol. The van der Waals surface area contributed by atoms with Gasteiger partial charge in [0, 0.05) is 4.88 Å². The van der Waals surface area contributed by atoms with E-state index in [1.165, 1.54) is 21.0 Å². The van der Waals surface area contributed by atoms with Crippen molar-refractivity contribution in [1.82, 2.24) is 10.3 Å². The van der Waals surface area contributed by atoms with Crippen LogP contribution in [-0.4, -0.2) is 11.5 Å². The van der Waals surface area contributed by atoms with E-state index < -0.39 is 0 Å². The first-order valence-electron chi connectivity index (χ1n) is 7.42. The SMILES string of the molecule is CCCNC(c1nc(C)c(C)s1)c1ccccc1CC. The van der Waals surface area contributed by atoms with Crippen LogP contribution in [0.2, 0.25) is 0 Å². The lowest BCUT2D eigenvalue weighted by atomic mass is 9.99. The van der Waals surface area contributed by atoms with Crippen LogP contribution in [0.5, 0.6) is 0 Å². The summed E-state index contributed by atoms with van der Waals surface area (Å²) in [6.07, 6.45) is 2.19. The second-order valence-electron chi connectivity index (χ2n) is 5.13. The van der Waals surface area contributed by atoms with E-state index in [4.69, 9.17) is 4.98 Å². The summed E-state index contributed by atoms with van der Waals surface area (Å²) in [5.74, 6) is 0. The van der Waals surface area contributed by atoms with Gasteiger partial charge >= 0.3 is 0 Å². The maximum Gasteiger partial charge on any atom is 0.115 e. The van der Waals surface area contributed by atoms with Gasteiger partial charge in [0.15, 0.2) is 0 Å². The molecule has 108 valence electrons. The number of nitrogens with one attached hydrogen (secondary N) is 1. The highest BCUT2D eigenvalue weighted by molar-refractivity contribution is 7.11. The van der Waals surface area contributed by atoms with Crippen molar-refractivity contribution in [3.8, 4) is 0 Å². The second-order valence-corrected chi connectivity index (χ2v) is 6.37. The maximum absolute atomic E-state index is 4.77. The zero-order valence-electron chi connectivity index (χ0n) is 12.9. The van der Waals surface area contributed by atoms with Gasteiger partial charge in [-0.3, -0.25) is 0 Å². The van der Waals surface area contributed by atoms with Crippen molar-refractivity contribution in [3.05, 3.63) is 51.0 Å². The standard InChI is InChI=1S/C17H24N2S/c1-5-11-18-16(17-19-12(3)13(4)20-17)15-10-8-7-9-14(15)6-2/h7-10,16,18H,5-6,11H2,1-4H3. The van der Waals surface area contributed by atoms with Crippen LogP contribution in [0, 0.1) is 13.8 Å². The first-order valence-corrected chi connectivity index (χ1v) is 8.24. The average Bonchev–Trinajstić information content (AvgIpc) is 2.79. The maximum atomic E-state index is 4.77. The van der Waals surface area contributed by atoms with Crippen LogP contribution in [-0.2, 0) is 6.42 Å². The van der Waals surface area contributed by atoms with Crippen molar-refractivity contribution in [2.24, 2.45) is 0 Å². The van der Waals surface area contributed by atoms with Gasteiger partial charge in [-0.05, 0) is 44.4 Å². The highest BCUT2D eigenvalue weighted by Crippen LogP contribution is 2.30. The lowest BCUT2D eigenvalue weighted by Gasteiger charge is -2.19. The highest BCUT2D eigenvalue weighted by Gasteiger charge is 2.20. The normalized spacial score (nSPS) is 12.6. The third kappa shape index (κ3) is 3.28. The van der Waals surface area contributed by atoms with Crippen molar-refractivity contribution < 1.29 is 0 Å². The first-order chi connectivity index (χ1) is 9.67. The molecule has 0 amide bonds. The minimum Gasteiger partial charge on any atom is -0.304 e. The number of hydrogen-bond acceptors (Lipinski definition) is 3. The van der Waals surface area contributed by atoms with E-state index in [0.717, 1.165) is 25.1 Å². The van der Waals surface area contributed by atoms with E-state index in [9.17, 15) is 0 Å². The fraction of sp³-hybridized carbons (Fsp3) is 0.471. The lowest BCUT2D eigenvalue weighted by molar-refractivity contribution is 0.591. The quantitative estimate of drug-likeness (QED) is 0.851. The van der Waals surface area contributed by atoms with Gasteiger partial charge in [0.25, 0.3) is 0 Å². The fourth-order valence-corrected chi connectivity index (χ4v) is 3.40. The van der Waals surface area contributed by atoms with Crippen molar-refractivity contribution in [2.75, 3.05) is 6.54 Å². The van der Waals surface area contributed by atoms with Gasteiger partial charge in [0.2, 0.25) is 0 Å². The van der Waals surface area contributed by atoms with Gasteiger partial charge in [-0.25, -0.2) is 4.98 Å². The molecule has 0 bridgehead atoms. The molecule has 1 unspecified atom stereocenters. The van der Waals surface area contributed by atoms with Crippen LogP contribution in [0.3, 0.4) is 0 Å². The topological polar surface area (TPSA) is 24.9 Å². The van der Waals surface area contributed by atoms with Gasteiger partial charge in [0.1, 0.15) is 5.01 Å². The highest BCUT2D eigenvalue weighted by atomic mass is 32.1. The van der Waals surface area contributed by atoms with Gasteiger partial charge in [0.05, 0.1) is 11.7 Å². The minimum absolute atomic E-state index is 0.225. The largest absolute Gasteiger partial charge is 0.304 e. The predicted octanol–water partition coefficient (Wildman–Crippen LogP) is 4.41. The van der Waals surface area contributed by atoms with E-state index in [-0.39, 0.29) is 6.04 Å². The molecule has 0 saturated heterocycles. The summed E-state index contributed by atoms with van der Waals surface area (Å²) in [7, 11) is 0. The molecule has 1 atom stereocenters. The Morgan fingerprint density at radius 1 is 1.20 bits per heavy atom. The minimum atomic E-state index is 0.225. The van der Waals surface area contributed by atoms with Gasteiger partial charge in [-0.1, -0.05) is 38.1 Å². The number of thiazole rings is 1. The Hall–Kier alpha value is -1.19. The Bertz CT molecular complexity index is 540. The zero-order valence-corrected chi connectivity index (χ0v) is 13.7.